The molecule has 2 rings (SSSR count). The molecule has 0 aromatic heterocycles. The van der Waals surface area contributed by atoms with Gasteiger partial charge in [0.25, 0.3) is 0 Å². The Morgan fingerprint density at radius 1 is 1.25 bits per heavy atom. The number of rotatable bonds is 9. The van der Waals surface area contributed by atoms with Crippen molar-refractivity contribution in [3.05, 3.63) is 18.2 Å². The molecule has 8 heteroatoms. The van der Waals surface area contributed by atoms with Gasteiger partial charge in [0.15, 0.2) is 0 Å². The number of nitrogens with one attached hydrogen (secondary N) is 1. The topological polar surface area (TPSA) is 77.5 Å². The van der Waals surface area contributed by atoms with E-state index in [4.69, 9.17) is 9.47 Å². The van der Waals surface area contributed by atoms with E-state index in [9.17, 15) is 9.90 Å². The van der Waals surface area contributed by atoms with Crippen molar-refractivity contribution in [3.8, 4) is 11.5 Å². The Labute approximate surface area is 168 Å². The number of nitrogens with zero attached hydrogens (tertiary/aromatic N) is 3. The number of piperazine rings is 1. The molecule has 1 aliphatic rings. The highest BCUT2D eigenvalue weighted by Crippen LogP contribution is 2.29. The molecule has 2 N–H and O–H groups in total. The minimum Gasteiger partial charge on any atom is -0.497 e. The van der Waals surface area contributed by atoms with Gasteiger partial charge in [0.1, 0.15) is 11.5 Å². The average Bonchev–Trinajstić information content (AvgIpc) is 2.68. The summed E-state index contributed by atoms with van der Waals surface area (Å²) in [6.07, 6.45) is -0.505. The monoisotopic (exact) mass is 394 g/mol. The van der Waals surface area contributed by atoms with Crippen molar-refractivity contribution in [1.82, 2.24) is 14.7 Å². The summed E-state index contributed by atoms with van der Waals surface area (Å²) in [5.74, 6) is 1.04. The summed E-state index contributed by atoms with van der Waals surface area (Å²) in [6.45, 7) is 6.83. The summed E-state index contributed by atoms with van der Waals surface area (Å²) in [6, 6.07) is 4.85. The van der Waals surface area contributed by atoms with Crippen LogP contribution in [0.5, 0.6) is 11.5 Å². The van der Waals surface area contributed by atoms with Crippen LogP contribution in [0.1, 0.15) is 6.92 Å². The van der Waals surface area contributed by atoms with Gasteiger partial charge in [-0.25, -0.2) is 0 Å². The van der Waals surface area contributed by atoms with Crippen molar-refractivity contribution in [3.63, 3.8) is 0 Å². The van der Waals surface area contributed by atoms with Crippen LogP contribution in [0.2, 0.25) is 0 Å². The molecule has 1 saturated heterocycles. The van der Waals surface area contributed by atoms with Gasteiger partial charge in [-0.2, -0.15) is 0 Å². The number of aliphatic hydroxyl groups is 1. The summed E-state index contributed by atoms with van der Waals surface area (Å²) < 4.78 is 10.5. The predicted molar refractivity (Wildman–Crippen MR) is 110 cm³/mol. The Morgan fingerprint density at radius 3 is 2.54 bits per heavy atom. The van der Waals surface area contributed by atoms with E-state index in [-0.39, 0.29) is 5.91 Å². The maximum absolute atomic E-state index is 12.7. The molecule has 1 aromatic rings. The molecule has 0 radical (unpaired) electrons. The molecule has 158 valence electrons. The number of carbonyl (C=O) groups excluding carboxylic acids is 1. The minimum absolute atomic E-state index is 0.166. The third-order valence-corrected chi connectivity index (χ3v) is 5.27. The first-order valence-corrected chi connectivity index (χ1v) is 9.66. The number of methoxy groups -OCH3 is 2. The molecular weight excluding hydrogens is 360 g/mol. The highest BCUT2D eigenvalue weighted by Gasteiger charge is 2.23. The van der Waals surface area contributed by atoms with E-state index in [1.165, 1.54) is 0 Å². The Bertz CT molecular complexity index is 635. The number of aliphatic hydroxyl groups excluding tert-OH is 1. The summed E-state index contributed by atoms with van der Waals surface area (Å²) in [7, 11) is 7.09. The summed E-state index contributed by atoms with van der Waals surface area (Å²) >= 11 is 0. The Morgan fingerprint density at radius 2 is 1.93 bits per heavy atom. The fourth-order valence-electron chi connectivity index (χ4n) is 3.23. The smallest absolute Gasteiger partial charge is 0.241 e. The van der Waals surface area contributed by atoms with E-state index in [1.807, 2.05) is 18.9 Å². The molecule has 0 bridgehead atoms. The standard InChI is InChI=1S/C20H34N4O4/c1-15(20(26)21-18-12-17(27-4)6-7-19(18)28-5)23(3)13-16(25)14-24-10-8-22(2)9-11-24/h6-7,12,15-16,25H,8-11,13-14H2,1-5H3,(H,21,26)/t15-,16+/m0/s1. The minimum atomic E-state index is -0.505. The van der Waals surface area contributed by atoms with Crippen LogP contribution in [0.25, 0.3) is 0 Å². The molecule has 0 aliphatic carbocycles. The lowest BCUT2D eigenvalue weighted by molar-refractivity contribution is -0.120. The van der Waals surface area contributed by atoms with Gasteiger partial charge < -0.3 is 24.8 Å². The average molecular weight is 395 g/mol. The third kappa shape index (κ3) is 6.34. The van der Waals surface area contributed by atoms with Gasteiger partial charge in [0.05, 0.1) is 32.1 Å². The van der Waals surface area contributed by atoms with E-state index in [1.54, 1.807) is 32.4 Å². The van der Waals surface area contributed by atoms with Crippen molar-refractivity contribution in [1.29, 1.82) is 0 Å². The van der Waals surface area contributed by atoms with Gasteiger partial charge in [0.2, 0.25) is 5.91 Å². The lowest BCUT2D eigenvalue weighted by atomic mass is 10.2. The number of benzene rings is 1. The second-order valence-electron chi connectivity index (χ2n) is 7.43. The van der Waals surface area contributed by atoms with Crippen LogP contribution in [0, 0.1) is 0 Å². The normalized spacial score (nSPS) is 18.0. The zero-order valence-electron chi connectivity index (χ0n) is 17.6. The fraction of sp³-hybridized carbons (Fsp3) is 0.650. The van der Waals surface area contributed by atoms with E-state index in [2.05, 4.69) is 22.2 Å². The Hall–Kier alpha value is -1.87. The number of hydrogen-bond acceptors (Lipinski definition) is 7. The first-order chi connectivity index (χ1) is 13.3. The zero-order valence-corrected chi connectivity index (χ0v) is 17.6. The van der Waals surface area contributed by atoms with Crippen LogP contribution >= 0.6 is 0 Å². The highest BCUT2D eigenvalue weighted by molar-refractivity contribution is 5.96. The maximum atomic E-state index is 12.7. The first kappa shape index (κ1) is 22.4. The number of likely N-dealkylation sites (N-methyl/N-ethyl adjacent to an activating group) is 2. The van der Waals surface area contributed by atoms with Gasteiger partial charge in [-0.3, -0.25) is 14.6 Å². The summed E-state index contributed by atoms with van der Waals surface area (Å²) in [5, 5.41) is 13.3. The SMILES string of the molecule is COc1ccc(OC)c(NC(=O)[C@H](C)N(C)C[C@@H](O)CN2CCN(C)CC2)c1. The number of hydrogen-bond donors (Lipinski definition) is 2. The largest absolute Gasteiger partial charge is 0.497 e. The highest BCUT2D eigenvalue weighted by atomic mass is 16.5. The molecule has 1 aliphatic heterocycles. The molecule has 1 amide bonds. The predicted octanol–water partition coefficient (Wildman–Crippen LogP) is 0.571. The van der Waals surface area contributed by atoms with Gasteiger partial charge in [-0.05, 0) is 33.2 Å². The molecule has 0 spiro atoms. The van der Waals surface area contributed by atoms with Crippen LogP contribution in [0.3, 0.4) is 0 Å². The second kappa shape index (κ2) is 10.6. The molecule has 28 heavy (non-hydrogen) atoms. The van der Waals surface area contributed by atoms with Gasteiger partial charge >= 0.3 is 0 Å². The van der Waals surface area contributed by atoms with Crippen molar-refractivity contribution in [2.24, 2.45) is 0 Å². The van der Waals surface area contributed by atoms with E-state index >= 15 is 0 Å². The quantitative estimate of drug-likeness (QED) is 0.634. The summed E-state index contributed by atoms with van der Waals surface area (Å²) in [5.41, 5.74) is 0.560. The van der Waals surface area contributed by atoms with Crippen LogP contribution in [0.15, 0.2) is 18.2 Å². The molecule has 1 heterocycles. The molecule has 1 fully saturated rings. The maximum Gasteiger partial charge on any atom is 0.241 e. The van der Waals surface area contributed by atoms with Crippen LogP contribution in [0.4, 0.5) is 5.69 Å². The molecule has 1 aromatic carbocycles. The van der Waals surface area contributed by atoms with Crippen LogP contribution < -0.4 is 14.8 Å². The van der Waals surface area contributed by atoms with Gasteiger partial charge in [-0.1, -0.05) is 0 Å². The number of ether oxygens (including phenoxy) is 2. The van der Waals surface area contributed by atoms with Crippen molar-refractivity contribution in [2.45, 2.75) is 19.1 Å². The Kier molecular flexibility index (Phi) is 8.50. The van der Waals surface area contributed by atoms with Crippen molar-refractivity contribution in [2.75, 3.05) is 72.9 Å². The zero-order chi connectivity index (χ0) is 20.7. The Balaban J connectivity index is 1.88. The molecule has 0 saturated carbocycles. The van der Waals surface area contributed by atoms with E-state index in [0.29, 0.717) is 30.3 Å². The second-order valence-corrected chi connectivity index (χ2v) is 7.43. The molecule has 0 unspecified atom stereocenters. The number of amides is 1. The number of carbonyl (C=O) groups is 1. The molecule has 2 atom stereocenters. The van der Waals surface area contributed by atoms with E-state index < -0.39 is 12.1 Å². The third-order valence-electron chi connectivity index (χ3n) is 5.27. The molecular formula is C20H34N4O4. The molecule has 8 nitrogen and oxygen atoms in total. The van der Waals surface area contributed by atoms with Crippen LogP contribution in [-0.2, 0) is 4.79 Å². The van der Waals surface area contributed by atoms with E-state index in [0.717, 1.165) is 26.2 Å². The lowest BCUT2D eigenvalue weighted by Gasteiger charge is -2.34. The van der Waals surface area contributed by atoms with Gasteiger partial charge in [0, 0.05) is 45.3 Å². The number of β-amino-alcohol motifs (C(OH)–C–C–N with tert-alkyl or cyclic N) is 1. The lowest BCUT2D eigenvalue weighted by Crippen LogP contribution is -2.50. The number of anilines is 1. The van der Waals surface area contributed by atoms with Crippen molar-refractivity contribution < 1.29 is 19.4 Å². The fourth-order valence-corrected chi connectivity index (χ4v) is 3.23. The first-order valence-electron chi connectivity index (χ1n) is 9.66. The van der Waals surface area contributed by atoms with Gasteiger partial charge in [-0.15, -0.1) is 0 Å². The van der Waals surface area contributed by atoms with Crippen LogP contribution in [-0.4, -0.2) is 105 Å². The van der Waals surface area contributed by atoms with Crippen molar-refractivity contribution >= 4 is 11.6 Å². The summed E-state index contributed by atoms with van der Waals surface area (Å²) in [4.78, 5) is 19.1.